The first-order chi connectivity index (χ1) is 8.86. The van der Waals surface area contributed by atoms with Gasteiger partial charge in [-0.3, -0.25) is 0 Å². The lowest BCUT2D eigenvalue weighted by Crippen LogP contribution is -2.09. The Kier molecular flexibility index (Phi) is 5.02. The number of hydrogen-bond donors (Lipinski definition) is 0. The highest BCUT2D eigenvalue weighted by atomic mass is 17.5. The van der Waals surface area contributed by atoms with Crippen molar-refractivity contribution in [2.75, 3.05) is 6.61 Å². The van der Waals surface area contributed by atoms with E-state index in [9.17, 15) is 0 Å². The zero-order chi connectivity index (χ0) is 12.8. The molecule has 0 bridgehead atoms. The summed E-state index contributed by atoms with van der Waals surface area (Å²) in [5, 5.41) is 4.82. The highest BCUT2D eigenvalue weighted by Gasteiger charge is 2.18. The molecule has 1 aliphatic rings. The van der Waals surface area contributed by atoms with Crippen molar-refractivity contribution >= 4 is 0 Å². The third kappa shape index (κ3) is 3.03. The summed E-state index contributed by atoms with van der Waals surface area (Å²) in [4.78, 5) is 10.2. The van der Waals surface area contributed by atoms with Crippen molar-refractivity contribution in [1.82, 2.24) is 0 Å². The molecule has 3 nitrogen and oxygen atoms in total. The Morgan fingerprint density at radius 3 is 2.72 bits per heavy atom. The fourth-order valence-electron chi connectivity index (χ4n) is 2.52. The fourth-order valence-corrected chi connectivity index (χ4v) is 2.52. The minimum Gasteiger partial charge on any atom is -0.308 e. The topological polar surface area (TPSA) is 27.7 Å². The number of fused-ring (bicyclic) bond motifs is 1. The van der Waals surface area contributed by atoms with Gasteiger partial charge in [-0.05, 0) is 55.2 Å². The van der Waals surface area contributed by atoms with E-state index in [1.165, 1.54) is 29.5 Å². The molecule has 0 unspecified atom stereocenters. The molecule has 100 valence electrons. The van der Waals surface area contributed by atoms with Crippen LogP contribution in [0, 0.1) is 0 Å². The summed E-state index contributed by atoms with van der Waals surface area (Å²) in [5.41, 5.74) is 3.93. The highest BCUT2D eigenvalue weighted by molar-refractivity contribution is 5.47. The van der Waals surface area contributed by atoms with Crippen LogP contribution in [0.5, 0.6) is 5.75 Å². The van der Waals surface area contributed by atoms with E-state index in [4.69, 9.17) is 14.8 Å². The Labute approximate surface area is 109 Å². The van der Waals surface area contributed by atoms with Gasteiger partial charge in [0.05, 0.1) is 6.61 Å². The summed E-state index contributed by atoms with van der Waals surface area (Å²) < 4.78 is 0. The minimum absolute atomic E-state index is 0.484. The molecular weight excluding hydrogens is 228 g/mol. The second-order valence-electron chi connectivity index (χ2n) is 4.71. The van der Waals surface area contributed by atoms with Crippen molar-refractivity contribution in [2.45, 2.75) is 52.4 Å². The van der Waals surface area contributed by atoms with E-state index >= 15 is 0 Å². The fraction of sp³-hybridized carbons (Fsp3) is 0.600. The van der Waals surface area contributed by atoms with Crippen LogP contribution in [0.15, 0.2) is 12.1 Å². The third-order valence-corrected chi connectivity index (χ3v) is 3.36. The molecule has 0 saturated heterocycles. The van der Waals surface area contributed by atoms with Gasteiger partial charge >= 0.3 is 0 Å². The van der Waals surface area contributed by atoms with E-state index in [1.807, 2.05) is 6.92 Å². The molecule has 0 spiro atoms. The van der Waals surface area contributed by atoms with Gasteiger partial charge in [-0.2, -0.15) is 4.89 Å². The van der Waals surface area contributed by atoms with E-state index in [0.717, 1.165) is 31.4 Å². The number of hydrogen-bond acceptors (Lipinski definition) is 3. The summed E-state index contributed by atoms with van der Waals surface area (Å²) in [6, 6.07) is 4.41. The maximum atomic E-state index is 5.41. The van der Waals surface area contributed by atoms with Crippen LogP contribution in [-0.2, 0) is 29.2 Å². The molecule has 0 amide bonds. The van der Waals surface area contributed by atoms with Crippen LogP contribution in [-0.4, -0.2) is 6.61 Å². The van der Waals surface area contributed by atoms with Gasteiger partial charge in [0, 0.05) is 5.56 Å². The monoisotopic (exact) mass is 250 g/mol. The second-order valence-corrected chi connectivity index (χ2v) is 4.71. The van der Waals surface area contributed by atoms with Crippen molar-refractivity contribution in [3.63, 3.8) is 0 Å². The molecule has 0 aliphatic heterocycles. The smallest absolute Gasteiger partial charge is 0.175 e. The Balaban J connectivity index is 2.24. The molecule has 0 N–H and O–H groups in total. The Morgan fingerprint density at radius 1 is 1.11 bits per heavy atom. The van der Waals surface area contributed by atoms with E-state index in [-0.39, 0.29) is 0 Å². The first kappa shape index (κ1) is 13.4. The first-order valence-electron chi connectivity index (χ1n) is 6.96. The standard InChI is InChI=1S/C15H22O3/c1-3-7-13-11-10-12-8-5-6-9-14(12)15(13)17-18-16-4-2/h10-11H,3-9H2,1-2H3. The molecule has 1 aliphatic carbocycles. The van der Waals surface area contributed by atoms with Gasteiger partial charge in [0.2, 0.25) is 0 Å². The maximum absolute atomic E-state index is 5.41. The number of aryl methyl sites for hydroxylation is 2. The second kappa shape index (κ2) is 6.76. The van der Waals surface area contributed by atoms with Gasteiger partial charge in [0.15, 0.2) is 5.75 Å². The maximum Gasteiger partial charge on any atom is 0.175 e. The molecule has 0 saturated carbocycles. The molecule has 0 heterocycles. The van der Waals surface area contributed by atoms with Crippen LogP contribution < -0.4 is 4.89 Å². The molecule has 3 heteroatoms. The van der Waals surface area contributed by atoms with Crippen molar-refractivity contribution in [2.24, 2.45) is 0 Å². The molecule has 1 aromatic rings. The van der Waals surface area contributed by atoms with Crippen molar-refractivity contribution in [1.29, 1.82) is 0 Å². The zero-order valence-corrected chi connectivity index (χ0v) is 11.3. The largest absolute Gasteiger partial charge is 0.308 e. The lowest BCUT2D eigenvalue weighted by atomic mass is 9.88. The lowest BCUT2D eigenvalue weighted by molar-refractivity contribution is -0.464. The first-order valence-corrected chi connectivity index (χ1v) is 6.96. The van der Waals surface area contributed by atoms with E-state index in [1.54, 1.807) is 0 Å². The predicted octanol–water partition coefficient (Wildman–Crippen LogP) is 3.78. The van der Waals surface area contributed by atoms with Gasteiger partial charge in [0.25, 0.3) is 0 Å². The third-order valence-electron chi connectivity index (χ3n) is 3.36. The molecule has 0 radical (unpaired) electrons. The van der Waals surface area contributed by atoms with Gasteiger partial charge in [-0.1, -0.05) is 25.5 Å². The number of benzene rings is 1. The average molecular weight is 250 g/mol. The normalized spacial score (nSPS) is 14.3. The molecule has 0 fully saturated rings. The average Bonchev–Trinajstić information content (AvgIpc) is 2.41. The predicted molar refractivity (Wildman–Crippen MR) is 70.4 cm³/mol. The SMILES string of the molecule is CCCc1ccc2c(c1OOOCC)CCCC2. The molecule has 1 aromatic carbocycles. The molecule has 18 heavy (non-hydrogen) atoms. The summed E-state index contributed by atoms with van der Waals surface area (Å²) in [6.07, 6.45) is 6.84. The Morgan fingerprint density at radius 2 is 1.94 bits per heavy atom. The van der Waals surface area contributed by atoms with Gasteiger partial charge < -0.3 is 4.89 Å². The number of rotatable bonds is 6. The van der Waals surface area contributed by atoms with Crippen LogP contribution in [0.1, 0.15) is 49.8 Å². The molecular formula is C15H22O3. The summed E-state index contributed by atoms with van der Waals surface area (Å²) >= 11 is 0. The summed E-state index contributed by atoms with van der Waals surface area (Å²) in [5.74, 6) is 0.891. The quantitative estimate of drug-likeness (QED) is 0.437. The molecule has 2 rings (SSSR count). The van der Waals surface area contributed by atoms with Crippen molar-refractivity contribution in [3.05, 3.63) is 28.8 Å². The van der Waals surface area contributed by atoms with Gasteiger partial charge in [0.1, 0.15) is 0 Å². The highest BCUT2D eigenvalue weighted by Crippen LogP contribution is 2.33. The van der Waals surface area contributed by atoms with Crippen LogP contribution >= 0.6 is 0 Å². The van der Waals surface area contributed by atoms with Crippen LogP contribution in [0.2, 0.25) is 0 Å². The van der Waals surface area contributed by atoms with Crippen LogP contribution in [0.3, 0.4) is 0 Å². The van der Waals surface area contributed by atoms with Gasteiger partial charge in [-0.15, -0.1) is 0 Å². The molecule has 0 atom stereocenters. The zero-order valence-electron chi connectivity index (χ0n) is 11.3. The van der Waals surface area contributed by atoms with Crippen molar-refractivity contribution in [3.8, 4) is 5.75 Å². The van der Waals surface area contributed by atoms with E-state index in [0.29, 0.717) is 6.61 Å². The lowest BCUT2D eigenvalue weighted by Gasteiger charge is -2.20. The van der Waals surface area contributed by atoms with Gasteiger partial charge in [-0.25, -0.2) is 0 Å². The Bertz CT molecular complexity index is 388. The van der Waals surface area contributed by atoms with Crippen LogP contribution in [0.4, 0.5) is 0 Å². The van der Waals surface area contributed by atoms with E-state index < -0.39 is 0 Å². The van der Waals surface area contributed by atoms with E-state index in [2.05, 4.69) is 19.1 Å². The Hall–Kier alpha value is -1.06. The summed E-state index contributed by atoms with van der Waals surface area (Å²) in [7, 11) is 0. The molecule has 0 aromatic heterocycles. The minimum atomic E-state index is 0.484. The van der Waals surface area contributed by atoms with Crippen molar-refractivity contribution < 1.29 is 14.8 Å². The van der Waals surface area contributed by atoms with Crippen LogP contribution in [0.25, 0.3) is 0 Å². The summed E-state index contributed by atoms with van der Waals surface area (Å²) in [6.45, 7) is 4.53.